The molecular formula is C26H32FN3O. The van der Waals surface area contributed by atoms with Crippen molar-refractivity contribution < 1.29 is 9.18 Å². The van der Waals surface area contributed by atoms with Crippen molar-refractivity contribution in [3.8, 4) is 0 Å². The molecule has 1 aliphatic heterocycles. The van der Waals surface area contributed by atoms with Crippen molar-refractivity contribution in [2.75, 3.05) is 39.3 Å². The van der Waals surface area contributed by atoms with Gasteiger partial charge in [-0.1, -0.05) is 68.6 Å². The number of amides is 1. The van der Waals surface area contributed by atoms with E-state index in [0.29, 0.717) is 19.6 Å². The zero-order valence-electron chi connectivity index (χ0n) is 18.3. The van der Waals surface area contributed by atoms with Gasteiger partial charge in [-0.05, 0) is 35.4 Å². The van der Waals surface area contributed by atoms with Crippen LogP contribution in [-0.4, -0.2) is 59.9 Å². The summed E-state index contributed by atoms with van der Waals surface area (Å²) >= 11 is 0. The van der Waals surface area contributed by atoms with E-state index in [9.17, 15) is 9.18 Å². The van der Waals surface area contributed by atoms with Gasteiger partial charge in [-0.3, -0.25) is 14.6 Å². The lowest BCUT2D eigenvalue weighted by molar-refractivity contribution is -0.134. The van der Waals surface area contributed by atoms with Gasteiger partial charge in [0.2, 0.25) is 5.91 Å². The van der Waals surface area contributed by atoms with Gasteiger partial charge in [-0.15, -0.1) is 0 Å². The lowest BCUT2D eigenvalue weighted by Crippen LogP contribution is -2.52. The number of nitrogens with zero attached hydrogens (tertiary/aromatic N) is 3. The largest absolute Gasteiger partial charge is 0.339 e. The first kappa shape index (κ1) is 22.9. The van der Waals surface area contributed by atoms with Crippen molar-refractivity contribution in [1.82, 2.24) is 14.7 Å². The molecule has 0 radical (unpaired) electrons. The van der Waals surface area contributed by atoms with Gasteiger partial charge in [0.05, 0.1) is 12.6 Å². The number of carbonyl (C=O) groups is 1. The molecule has 1 fully saturated rings. The van der Waals surface area contributed by atoms with Crippen LogP contribution >= 0.6 is 0 Å². The van der Waals surface area contributed by atoms with Crippen molar-refractivity contribution in [2.24, 2.45) is 0 Å². The molecule has 1 unspecified atom stereocenters. The number of piperazine rings is 1. The van der Waals surface area contributed by atoms with Crippen LogP contribution in [0.4, 0.5) is 4.39 Å². The van der Waals surface area contributed by atoms with Crippen LogP contribution in [0.2, 0.25) is 0 Å². The molecule has 1 aliphatic rings. The first-order valence-corrected chi connectivity index (χ1v) is 10.9. The molecule has 1 heterocycles. The summed E-state index contributed by atoms with van der Waals surface area (Å²) in [7, 11) is 0. The van der Waals surface area contributed by atoms with E-state index in [2.05, 4.69) is 42.0 Å². The van der Waals surface area contributed by atoms with Gasteiger partial charge in [-0.2, -0.15) is 0 Å². The molecule has 1 atom stereocenters. The Morgan fingerprint density at radius 2 is 1.74 bits per heavy atom. The number of benzene rings is 2. The topological polar surface area (TPSA) is 26.8 Å². The Morgan fingerprint density at radius 3 is 2.32 bits per heavy atom. The van der Waals surface area contributed by atoms with Crippen LogP contribution in [0, 0.1) is 5.82 Å². The molecular weight excluding hydrogens is 389 g/mol. The van der Waals surface area contributed by atoms with Crippen molar-refractivity contribution in [3.05, 3.63) is 96.3 Å². The average Bonchev–Trinajstić information content (AvgIpc) is 2.81. The predicted octanol–water partition coefficient (Wildman–Crippen LogP) is 4.28. The third-order valence-corrected chi connectivity index (χ3v) is 5.89. The van der Waals surface area contributed by atoms with Gasteiger partial charge in [0.1, 0.15) is 5.82 Å². The van der Waals surface area contributed by atoms with Crippen molar-refractivity contribution in [3.63, 3.8) is 0 Å². The first-order valence-electron chi connectivity index (χ1n) is 10.9. The molecule has 1 saturated heterocycles. The standard InChI is InChI=1S/C26H32FN3O/c1-4-21(3)26(23-11-13-24(27)14-12-23)30-17-15-29(16-18-30)25(31)20-28(5-2)19-22-9-7-6-8-10-22/h4,6-14,26H,1,3,5,15-20H2,2H3. The Balaban J connectivity index is 1.59. The number of halogens is 1. The Labute approximate surface area is 185 Å². The minimum absolute atomic E-state index is 0.0550. The Morgan fingerprint density at radius 1 is 1.10 bits per heavy atom. The molecule has 0 saturated carbocycles. The summed E-state index contributed by atoms with van der Waals surface area (Å²) in [5.74, 6) is -0.0866. The highest BCUT2D eigenvalue weighted by molar-refractivity contribution is 5.78. The fraction of sp³-hybridized carbons (Fsp3) is 0.346. The molecule has 5 heteroatoms. The maximum Gasteiger partial charge on any atom is 0.236 e. The number of rotatable bonds is 9. The predicted molar refractivity (Wildman–Crippen MR) is 124 cm³/mol. The maximum absolute atomic E-state index is 13.4. The quantitative estimate of drug-likeness (QED) is 0.566. The number of hydrogen-bond acceptors (Lipinski definition) is 3. The van der Waals surface area contributed by atoms with Gasteiger partial charge in [0.15, 0.2) is 0 Å². The van der Waals surface area contributed by atoms with E-state index >= 15 is 0 Å². The summed E-state index contributed by atoms with van der Waals surface area (Å²) in [5.41, 5.74) is 3.09. The second kappa shape index (κ2) is 11.0. The third kappa shape index (κ3) is 6.12. The lowest BCUT2D eigenvalue weighted by Gasteiger charge is -2.40. The molecule has 31 heavy (non-hydrogen) atoms. The van der Waals surface area contributed by atoms with E-state index in [0.717, 1.165) is 37.3 Å². The average molecular weight is 422 g/mol. The van der Waals surface area contributed by atoms with Crippen LogP contribution in [0.3, 0.4) is 0 Å². The monoisotopic (exact) mass is 421 g/mol. The zero-order chi connectivity index (χ0) is 22.2. The van der Waals surface area contributed by atoms with Crippen LogP contribution in [-0.2, 0) is 11.3 Å². The van der Waals surface area contributed by atoms with Crippen LogP contribution in [0.15, 0.2) is 79.4 Å². The van der Waals surface area contributed by atoms with Crippen LogP contribution in [0.25, 0.3) is 0 Å². The van der Waals surface area contributed by atoms with E-state index in [1.54, 1.807) is 18.2 Å². The van der Waals surface area contributed by atoms with Crippen LogP contribution in [0.5, 0.6) is 0 Å². The number of likely N-dealkylation sites (N-methyl/N-ethyl adjacent to an activating group) is 1. The number of hydrogen-bond donors (Lipinski definition) is 0. The fourth-order valence-corrected chi connectivity index (χ4v) is 4.06. The fourth-order valence-electron chi connectivity index (χ4n) is 4.06. The second-order valence-corrected chi connectivity index (χ2v) is 7.94. The summed E-state index contributed by atoms with van der Waals surface area (Å²) in [5, 5.41) is 0. The zero-order valence-corrected chi connectivity index (χ0v) is 18.3. The Hall–Kier alpha value is -2.76. The summed E-state index contributed by atoms with van der Waals surface area (Å²) in [4.78, 5) is 19.3. The summed E-state index contributed by atoms with van der Waals surface area (Å²) < 4.78 is 13.4. The first-order chi connectivity index (χ1) is 15.0. The molecule has 4 nitrogen and oxygen atoms in total. The SMILES string of the molecule is C=CC(=C)C(c1ccc(F)cc1)N1CCN(C(=O)CN(CC)Cc2ccccc2)CC1. The Bertz CT molecular complexity index is 873. The molecule has 3 rings (SSSR count). The van der Waals surface area contributed by atoms with E-state index in [-0.39, 0.29) is 17.8 Å². The molecule has 0 aliphatic carbocycles. The molecule has 0 bridgehead atoms. The summed E-state index contributed by atoms with van der Waals surface area (Å²) in [6.45, 7) is 15.0. The van der Waals surface area contributed by atoms with E-state index in [4.69, 9.17) is 0 Å². The molecule has 1 amide bonds. The normalized spacial score (nSPS) is 15.6. The van der Waals surface area contributed by atoms with Crippen LogP contribution in [0.1, 0.15) is 24.1 Å². The van der Waals surface area contributed by atoms with Crippen molar-refractivity contribution in [2.45, 2.75) is 19.5 Å². The molecule has 0 spiro atoms. The minimum atomic E-state index is -0.252. The Kier molecular flexibility index (Phi) is 8.15. The van der Waals surface area contributed by atoms with E-state index in [1.165, 1.54) is 17.7 Å². The number of carbonyl (C=O) groups excluding carboxylic acids is 1. The van der Waals surface area contributed by atoms with Crippen LogP contribution < -0.4 is 0 Å². The summed E-state index contributed by atoms with van der Waals surface area (Å²) in [6.07, 6.45) is 1.76. The molecule has 2 aromatic rings. The molecule has 0 N–H and O–H groups in total. The second-order valence-electron chi connectivity index (χ2n) is 7.94. The highest BCUT2D eigenvalue weighted by Crippen LogP contribution is 2.29. The van der Waals surface area contributed by atoms with Crippen molar-refractivity contribution in [1.29, 1.82) is 0 Å². The van der Waals surface area contributed by atoms with E-state index < -0.39 is 0 Å². The smallest absolute Gasteiger partial charge is 0.236 e. The van der Waals surface area contributed by atoms with Crippen molar-refractivity contribution >= 4 is 5.91 Å². The molecule has 0 aromatic heterocycles. The van der Waals surface area contributed by atoms with Gasteiger partial charge in [-0.25, -0.2) is 4.39 Å². The maximum atomic E-state index is 13.4. The lowest BCUT2D eigenvalue weighted by atomic mass is 9.97. The van der Waals surface area contributed by atoms with E-state index in [1.807, 2.05) is 23.1 Å². The summed E-state index contributed by atoms with van der Waals surface area (Å²) in [6, 6.07) is 16.7. The molecule has 2 aromatic carbocycles. The van der Waals surface area contributed by atoms with Gasteiger partial charge in [0, 0.05) is 32.7 Å². The minimum Gasteiger partial charge on any atom is -0.339 e. The van der Waals surface area contributed by atoms with Gasteiger partial charge >= 0.3 is 0 Å². The van der Waals surface area contributed by atoms with Gasteiger partial charge < -0.3 is 4.90 Å². The highest BCUT2D eigenvalue weighted by Gasteiger charge is 2.28. The third-order valence-electron chi connectivity index (χ3n) is 5.89. The molecule has 164 valence electrons. The van der Waals surface area contributed by atoms with Gasteiger partial charge in [0.25, 0.3) is 0 Å². The highest BCUT2D eigenvalue weighted by atomic mass is 19.1.